The molecule has 9 heteroatoms. The first-order valence-corrected chi connectivity index (χ1v) is 7.57. The summed E-state index contributed by atoms with van der Waals surface area (Å²) in [6.07, 6.45) is 7.91. The van der Waals surface area contributed by atoms with Crippen LogP contribution in [0.4, 0.5) is 10.2 Å². The van der Waals surface area contributed by atoms with Crippen molar-refractivity contribution in [2.75, 3.05) is 4.72 Å². The minimum absolute atomic E-state index is 0.0236. The summed E-state index contributed by atoms with van der Waals surface area (Å²) in [6, 6.07) is 0.271. The Balaban J connectivity index is 1.82. The zero-order valence-corrected chi connectivity index (χ0v) is 11.2. The van der Waals surface area contributed by atoms with Gasteiger partial charge in [-0.3, -0.25) is 14.4 Å². The summed E-state index contributed by atoms with van der Waals surface area (Å²) in [5, 5.41) is 4.05. The number of hydrogen-bond donors (Lipinski definition) is 1. The van der Waals surface area contributed by atoms with Gasteiger partial charge in [0.2, 0.25) is 5.95 Å². The standard InChI is InChI=1S/C11H12FN5O2S/c12-10-5-13-6-11(15-10)16-20(18,19)9-4-14-17(7-9)8-2-1-3-8/h4-8H,1-3H2,(H,15,16). The van der Waals surface area contributed by atoms with Crippen LogP contribution in [0.5, 0.6) is 0 Å². The lowest BCUT2D eigenvalue weighted by molar-refractivity contribution is 0.289. The molecule has 1 fully saturated rings. The van der Waals surface area contributed by atoms with Crippen molar-refractivity contribution >= 4 is 15.8 Å². The van der Waals surface area contributed by atoms with Crippen molar-refractivity contribution in [1.82, 2.24) is 19.7 Å². The van der Waals surface area contributed by atoms with E-state index in [9.17, 15) is 12.8 Å². The topological polar surface area (TPSA) is 89.8 Å². The van der Waals surface area contributed by atoms with Gasteiger partial charge in [0.05, 0.1) is 24.6 Å². The fourth-order valence-corrected chi connectivity index (χ4v) is 2.82. The lowest BCUT2D eigenvalue weighted by Crippen LogP contribution is -2.17. The van der Waals surface area contributed by atoms with Gasteiger partial charge >= 0.3 is 0 Å². The molecule has 1 N–H and O–H groups in total. The van der Waals surface area contributed by atoms with Crippen LogP contribution in [0, 0.1) is 5.95 Å². The first-order chi connectivity index (χ1) is 9.54. The maximum Gasteiger partial charge on any atom is 0.266 e. The van der Waals surface area contributed by atoms with Gasteiger partial charge in [-0.05, 0) is 19.3 Å². The smallest absolute Gasteiger partial charge is 0.266 e. The molecule has 0 spiro atoms. The second-order valence-corrected chi connectivity index (χ2v) is 6.26. The number of nitrogens with zero attached hydrogens (tertiary/aromatic N) is 4. The number of rotatable bonds is 4. The van der Waals surface area contributed by atoms with Gasteiger partial charge in [0.15, 0.2) is 5.82 Å². The summed E-state index contributed by atoms with van der Waals surface area (Å²) in [6.45, 7) is 0. The molecule has 0 aliphatic heterocycles. The molecule has 0 saturated heterocycles. The zero-order valence-electron chi connectivity index (χ0n) is 10.4. The van der Waals surface area contributed by atoms with Crippen molar-refractivity contribution in [3.8, 4) is 0 Å². The van der Waals surface area contributed by atoms with Crippen LogP contribution < -0.4 is 4.72 Å². The zero-order chi connectivity index (χ0) is 14.2. The van der Waals surface area contributed by atoms with Gasteiger partial charge in [0.25, 0.3) is 10.0 Å². The Labute approximate surface area is 114 Å². The third-order valence-corrected chi connectivity index (χ3v) is 4.49. The van der Waals surface area contributed by atoms with Gasteiger partial charge in [-0.15, -0.1) is 0 Å². The normalized spacial score (nSPS) is 15.8. The van der Waals surface area contributed by atoms with Crippen LogP contribution in [0.1, 0.15) is 25.3 Å². The van der Waals surface area contributed by atoms with E-state index >= 15 is 0 Å². The Bertz CT molecular complexity index is 726. The van der Waals surface area contributed by atoms with Crippen molar-refractivity contribution in [2.24, 2.45) is 0 Å². The van der Waals surface area contributed by atoms with Crippen LogP contribution in [0.2, 0.25) is 0 Å². The van der Waals surface area contributed by atoms with Crippen molar-refractivity contribution in [3.63, 3.8) is 0 Å². The number of halogens is 1. The lowest BCUT2D eigenvalue weighted by atomic mass is 9.93. The van der Waals surface area contributed by atoms with E-state index in [1.54, 1.807) is 4.68 Å². The maximum atomic E-state index is 12.9. The van der Waals surface area contributed by atoms with Crippen LogP contribution in [0.15, 0.2) is 29.7 Å². The molecule has 106 valence electrons. The average molecular weight is 297 g/mol. The molecule has 20 heavy (non-hydrogen) atoms. The largest absolute Gasteiger partial charge is 0.268 e. The Hall–Kier alpha value is -2.03. The second-order valence-electron chi connectivity index (χ2n) is 4.57. The van der Waals surface area contributed by atoms with Gasteiger partial charge in [-0.2, -0.15) is 14.5 Å². The van der Waals surface area contributed by atoms with Crippen LogP contribution in [-0.2, 0) is 10.0 Å². The van der Waals surface area contributed by atoms with Crippen LogP contribution in [0.3, 0.4) is 0 Å². The average Bonchev–Trinajstić information content (AvgIpc) is 2.76. The molecule has 0 unspecified atom stereocenters. The molecule has 1 aliphatic rings. The Morgan fingerprint density at radius 2 is 2.10 bits per heavy atom. The fraction of sp³-hybridized carbons (Fsp3) is 0.364. The monoisotopic (exact) mass is 297 g/mol. The second kappa shape index (κ2) is 4.82. The molecular formula is C11H12FN5O2S. The summed E-state index contributed by atoms with van der Waals surface area (Å²) < 4.78 is 40.9. The van der Waals surface area contributed by atoms with Gasteiger partial charge in [-0.25, -0.2) is 8.42 Å². The summed E-state index contributed by atoms with van der Waals surface area (Å²) in [5.74, 6) is -1.02. The van der Waals surface area contributed by atoms with Crippen LogP contribution >= 0.6 is 0 Å². The third kappa shape index (κ3) is 2.48. The SMILES string of the molecule is O=S(=O)(Nc1cncc(F)n1)c1cnn(C2CCC2)c1. The highest BCUT2D eigenvalue weighted by atomic mass is 32.2. The van der Waals surface area contributed by atoms with E-state index in [1.165, 1.54) is 12.4 Å². The van der Waals surface area contributed by atoms with Crippen molar-refractivity contribution in [2.45, 2.75) is 30.2 Å². The van der Waals surface area contributed by atoms with Crippen molar-refractivity contribution < 1.29 is 12.8 Å². The van der Waals surface area contributed by atoms with E-state index in [-0.39, 0.29) is 16.8 Å². The Morgan fingerprint density at radius 3 is 2.75 bits per heavy atom. The fourth-order valence-electron chi connectivity index (χ4n) is 1.90. The van der Waals surface area contributed by atoms with E-state index in [1.807, 2.05) is 0 Å². The molecule has 1 saturated carbocycles. The summed E-state index contributed by atoms with van der Waals surface area (Å²) >= 11 is 0. The number of aromatic nitrogens is 4. The van der Waals surface area contributed by atoms with E-state index in [4.69, 9.17) is 0 Å². The summed E-state index contributed by atoms with van der Waals surface area (Å²) in [5.41, 5.74) is 0. The first kappa shape index (κ1) is 13.0. The molecule has 3 rings (SSSR count). The van der Waals surface area contributed by atoms with E-state index in [0.29, 0.717) is 0 Å². The minimum Gasteiger partial charge on any atom is -0.268 e. The van der Waals surface area contributed by atoms with Gasteiger partial charge in [0, 0.05) is 6.20 Å². The molecular weight excluding hydrogens is 285 g/mol. The molecule has 2 aromatic heterocycles. The molecule has 0 amide bonds. The lowest BCUT2D eigenvalue weighted by Gasteiger charge is -2.25. The Morgan fingerprint density at radius 1 is 1.30 bits per heavy atom. The third-order valence-electron chi connectivity index (χ3n) is 3.18. The molecule has 0 bridgehead atoms. The van der Waals surface area contributed by atoms with Crippen LogP contribution in [0.25, 0.3) is 0 Å². The predicted molar refractivity (Wildman–Crippen MR) is 67.9 cm³/mol. The van der Waals surface area contributed by atoms with E-state index in [2.05, 4.69) is 19.8 Å². The van der Waals surface area contributed by atoms with E-state index < -0.39 is 16.0 Å². The van der Waals surface area contributed by atoms with Gasteiger partial charge in [-0.1, -0.05) is 0 Å². The van der Waals surface area contributed by atoms with E-state index in [0.717, 1.165) is 31.7 Å². The highest BCUT2D eigenvalue weighted by Crippen LogP contribution is 2.31. The van der Waals surface area contributed by atoms with Gasteiger partial charge in [0.1, 0.15) is 4.90 Å². The molecule has 7 nitrogen and oxygen atoms in total. The summed E-state index contributed by atoms with van der Waals surface area (Å²) in [7, 11) is -3.83. The molecule has 2 aromatic rings. The Kier molecular flexibility index (Phi) is 3.13. The van der Waals surface area contributed by atoms with Crippen molar-refractivity contribution in [3.05, 3.63) is 30.7 Å². The molecule has 0 atom stereocenters. The van der Waals surface area contributed by atoms with Crippen LogP contribution in [-0.4, -0.2) is 28.2 Å². The molecule has 0 radical (unpaired) electrons. The minimum atomic E-state index is -3.83. The molecule has 1 aliphatic carbocycles. The number of anilines is 1. The number of nitrogens with one attached hydrogen (secondary N) is 1. The highest BCUT2D eigenvalue weighted by Gasteiger charge is 2.23. The van der Waals surface area contributed by atoms with Gasteiger partial charge < -0.3 is 0 Å². The molecule has 2 heterocycles. The highest BCUT2D eigenvalue weighted by molar-refractivity contribution is 7.92. The van der Waals surface area contributed by atoms with Crippen molar-refractivity contribution in [1.29, 1.82) is 0 Å². The number of hydrogen-bond acceptors (Lipinski definition) is 5. The summed E-state index contributed by atoms with van der Waals surface area (Å²) in [4.78, 5) is 6.96. The predicted octanol–water partition coefficient (Wildman–Crippen LogP) is 1.34. The maximum absolute atomic E-state index is 12.9. The number of sulfonamides is 1. The molecule has 0 aromatic carbocycles. The first-order valence-electron chi connectivity index (χ1n) is 6.09. The quantitative estimate of drug-likeness (QED) is 0.919.